The molecular formula is C9H16N2. The van der Waals surface area contributed by atoms with E-state index in [4.69, 9.17) is 0 Å². The third-order valence-electron chi connectivity index (χ3n) is 1.85. The minimum Gasteiger partial charge on any atom is -0.272 e. The molecule has 0 aromatic heterocycles. The van der Waals surface area contributed by atoms with Gasteiger partial charge in [0.25, 0.3) is 0 Å². The van der Waals surface area contributed by atoms with Gasteiger partial charge >= 0.3 is 0 Å². The average molecular weight is 152 g/mol. The van der Waals surface area contributed by atoms with Gasteiger partial charge in [0.2, 0.25) is 0 Å². The van der Waals surface area contributed by atoms with Crippen molar-refractivity contribution in [1.82, 2.24) is 4.90 Å². The van der Waals surface area contributed by atoms with Crippen LogP contribution in [0.25, 0.3) is 0 Å². The lowest BCUT2D eigenvalue weighted by molar-refractivity contribution is 0.326. The molecule has 0 spiro atoms. The van der Waals surface area contributed by atoms with Crippen LogP contribution in [0.15, 0.2) is 4.99 Å². The Balaban J connectivity index is 2.02. The second-order valence-corrected chi connectivity index (χ2v) is 2.89. The Bertz CT molecular complexity index is 121. The smallest absolute Gasteiger partial charge is 0.198 e. The SMILES string of the molecule is CCCCCN1[C]N=CCC1. The summed E-state index contributed by atoms with van der Waals surface area (Å²) < 4.78 is 0. The Kier molecular flexibility index (Phi) is 4.21. The maximum Gasteiger partial charge on any atom is 0.198 e. The highest BCUT2D eigenvalue weighted by Crippen LogP contribution is 2.04. The molecule has 0 atom stereocenters. The van der Waals surface area contributed by atoms with E-state index in [0.29, 0.717) is 0 Å². The number of unbranched alkanes of at least 4 members (excludes halogenated alkanes) is 2. The Labute approximate surface area is 69.3 Å². The van der Waals surface area contributed by atoms with E-state index in [1.165, 1.54) is 19.3 Å². The average Bonchev–Trinajstić information content (AvgIpc) is 2.07. The summed E-state index contributed by atoms with van der Waals surface area (Å²) in [6.45, 7) is 7.44. The second kappa shape index (κ2) is 5.30. The summed E-state index contributed by atoms with van der Waals surface area (Å²) in [6.07, 6.45) is 6.90. The third-order valence-corrected chi connectivity index (χ3v) is 1.85. The van der Waals surface area contributed by atoms with E-state index in [2.05, 4.69) is 23.5 Å². The van der Waals surface area contributed by atoms with E-state index in [0.717, 1.165) is 19.5 Å². The molecule has 1 aliphatic heterocycles. The van der Waals surface area contributed by atoms with Crippen LogP contribution in [0.1, 0.15) is 32.6 Å². The Morgan fingerprint density at radius 3 is 3.09 bits per heavy atom. The van der Waals surface area contributed by atoms with Crippen LogP contribution in [-0.4, -0.2) is 24.2 Å². The normalized spacial score (nSPS) is 19.0. The highest BCUT2D eigenvalue weighted by Gasteiger charge is 2.06. The molecule has 0 saturated carbocycles. The zero-order valence-electron chi connectivity index (χ0n) is 7.21. The van der Waals surface area contributed by atoms with E-state index in [1.54, 1.807) is 0 Å². The minimum absolute atomic E-state index is 1.08. The molecule has 11 heavy (non-hydrogen) atoms. The summed E-state index contributed by atoms with van der Waals surface area (Å²) in [4.78, 5) is 6.16. The van der Waals surface area contributed by atoms with Crippen molar-refractivity contribution in [2.45, 2.75) is 32.6 Å². The highest BCUT2D eigenvalue weighted by atomic mass is 15.2. The van der Waals surface area contributed by atoms with Gasteiger partial charge in [-0.3, -0.25) is 9.89 Å². The zero-order chi connectivity index (χ0) is 7.94. The maximum absolute atomic E-state index is 3.99. The number of nitrogens with zero attached hydrogens (tertiary/aromatic N) is 2. The zero-order valence-corrected chi connectivity index (χ0v) is 7.21. The Hall–Kier alpha value is -0.370. The lowest BCUT2D eigenvalue weighted by atomic mass is 10.2. The maximum atomic E-state index is 3.99. The lowest BCUT2D eigenvalue weighted by Gasteiger charge is -2.19. The van der Waals surface area contributed by atoms with E-state index < -0.39 is 0 Å². The van der Waals surface area contributed by atoms with Crippen molar-refractivity contribution >= 4 is 6.21 Å². The van der Waals surface area contributed by atoms with Crippen LogP contribution >= 0.6 is 0 Å². The molecule has 2 heteroatoms. The van der Waals surface area contributed by atoms with Crippen LogP contribution in [0.2, 0.25) is 0 Å². The quantitative estimate of drug-likeness (QED) is 0.562. The molecule has 1 heterocycles. The Morgan fingerprint density at radius 2 is 2.45 bits per heavy atom. The van der Waals surface area contributed by atoms with E-state index in [-0.39, 0.29) is 0 Å². The summed E-state index contributed by atoms with van der Waals surface area (Å²) in [5.74, 6) is 0. The van der Waals surface area contributed by atoms with Gasteiger partial charge in [0.1, 0.15) is 0 Å². The summed E-state index contributed by atoms with van der Waals surface area (Å²) in [6, 6.07) is 0. The molecule has 0 aromatic carbocycles. The molecule has 0 unspecified atom stereocenters. The van der Waals surface area contributed by atoms with E-state index in [1.807, 2.05) is 6.21 Å². The van der Waals surface area contributed by atoms with Gasteiger partial charge in [0.05, 0.1) is 0 Å². The molecule has 0 aliphatic carbocycles. The standard InChI is InChI=1S/C9H16N2/c1-2-3-4-7-11-8-5-6-10-9-11/h6H,2-5,7-8H2,1H3. The van der Waals surface area contributed by atoms with Crippen LogP contribution in [-0.2, 0) is 0 Å². The van der Waals surface area contributed by atoms with Gasteiger partial charge < -0.3 is 0 Å². The number of rotatable bonds is 4. The molecule has 0 bridgehead atoms. The summed E-state index contributed by atoms with van der Waals surface area (Å²) in [5, 5.41) is 0. The lowest BCUT2D eigenvalue weighted by Crippen LogP contribution is -2.25. The summed E-state index contributed by atoms with van der Waals surface area (Å²) >= 11 is 0. The first kappa shape index (κ1) is 8.72. The molecule has 0 aromatic rings. The molecule has 0 fully saturated rings. The van der Waals surface area contributed by atoms with Gasteiger partial charge in [0, 0.05) is 19.3 Å². The van der Waals surface area contributed by atoms with Crippen molar-refractivity contribution < 1.29 is 0 Å². The fourth-order valence-electron chi connectivity index (χ4n) is 1.17. The summed E-state index contributed by atoms with van der Waals surface area (Å²) in [5.41, 5.74) is 0. The third kappa shape index (κ3) is 3.51. The van der Waals surface area contributed by atoms with Gasteiger partial charge in [-0.05, 0) is 12.8 Å². The van der Waals surface area contributed by atoms with Gasteiger partial charge in [-0.1, -0.05) is 19.8 Å². The minimum atomic E-state index is 1.08. The largest absolute Gasteiger partial charge is 0.272 e. The van der Waals surface area contributed by atoms with Crippen molar-refractivity contribution in [3.8, 4) is 0 Å². The van der Waals surface area contributed by atoms with Crippen LogP contribution in [0.4, 0.5) is 0 Å². The molecule has 1 rings (SSSR count). The highest BCUT2D eigenvalue weighted by molar-refractivity contribution is 5.58. The van der Waals surface area contributed by atoms with Crippen LogP contribution in [0, 0.1) is 6.67 Å². The predicted molar refractivity (Wildman–Crippen MR) is 47.5 cm³/mol. The number of hydrogen-bond acceptors (Lipinski definition) is 2. The first-order valence-corrected chi connectivity index (χ1v) is 4.45. The fraction of sp³-hybridized carbons (Fsp3) is 0.778. The molecule has 2 radical (unpaired) electrons. The summed E-state index contributed by atoms with van der Waals surface area (Å²) in [7, 11) is 0. The van der Waals surface area contributed by atoms with Gasteiger partial charge in [-0.25, -0.2) is 0 Å². The van der Waals surface area contributed by atoms with Gasteiger partial charge in [-0.2, -0.15) is 0 Å². The molecule has 2 nitrogen and oxygen atoms in total. The first-order valence-electron chi connectivity index (χ1n) is 4.45. The first-order chi connectivity index (χ1) is 5.43. The van der Waals surface area contributed by atoms with Crippen LogP contribution in [0.3, 0.4) is 0 Å². The van der Waals surface area contributed by atoms with Crippen LogP contribution < -0.4 is 0 Å². The molecular weight excluding hydrogens is 136 g/mol. The van der Waals surface area contributed by atoms with Crippen molar-refractivity contribution in [3.05, 3.63) is 6.67 Å². The molecule has 1 aliphatic rings. The van der Waals surface area contributed by atoms with Crippen LogP contribution in [0.5, 0.6) is 0 Å². The molecule has 0 saturated heterocycles. The number of hydrogen-bond donors (Lipinski definition) is 0. The molecule has 62 valence electrons. The van der Waals surface area contributed by atoms with Gasteiger partial charge in [0.15, 0.2) is 6.67 Å². The fourth-order valence-corrected chi connectivity index (χ4v) is 1.17. The van der Waals surface area contributed by atoms with E-state index in [9.17, 15) is 0 Å². The van der Waals surface area contributed by atoms with Crippen molar-refractivity contribution in [1.29, 1.82) is 0 Å². The van der Waals surface area contributed by atoms with Crippen molar-refractivity contribution in [2.75, 3.05) is 13.1 Å². The Morgan fingerprint density at radius 1 is 1.55 bits per heavy atom. The molecule has 0 N–H and O–H groups in total. The number of aliphatic imine (C=N–C) groups is 1. The van der Waals surface area contributed by atoms with E-state index >= 15 is 0 Å². The predicted octanol–water partition coefficient (Wildman–Crippen LogP) is 1.95. The second-order valence-electron chi connectivity index (χ2n) is 2.89. The molecule has 0 amide bonds. The topological polar surface area (TPSA) is 15.6 Å². The van der Waals surface area contributed by atoms with Gasteiger partial charge in [-0.15, -0.1) is 0 Å². The van der Waals surface area contributed by atoms with Crippen molar-refractivity contribution in [3.63, 3.8) is 0 Å². The monoisotopic (exact) mass is 152 g/mol. The van der Waals surface area contributed by atoms with Crippen molar-refractivity contribution in [2.24, 2.45) is 4.99 Å².